The molecule has 0 unspecified atom stereocenters. The summed E-state index contributed by atoms with van der Waals surface area (Å²) in [6.45, 7) is 2.32. The van der Waals surface area contributed by atoms with Crippen LogP contribution in [0.15, 0.2) is 42.5 Å². The number of rotatable bonds is 6. The van der Waals surface area contributed by atoms with Crippen LogP contribution >= 0.6 is 34.8 Å². The molecule has 2 aromatic rings. The van der Waals surface area contributed by atoms with Gasteiger partial charge in [-0.3, -0.25) is 10.1 Å². The van der Waals surface area contributed by atoms with Crippen molar-refractivity contribution in [3.8, 4) is 5.75 Å². The molecule has 0 atom stereocenters. The molecule has 0 aliphatic carbocycles. The minimum Gasteiger partial charge on any atom is -0.496 e. The van der Waals surface area contributed by atoms with Gasteiger partial charge in [0.15, 0.2) is 5.11 Å². The number of hydrogen-bond donors (Lipinski definition) is 2. The van der Waals surface area contributed by atoms with Crippen LogP contribution in [0.5, 0.6) is 5.75 Å². The van der Waals surface area contributed by atoms with Crippen LogP contribution in [0.4, 0.5) is 5.69 Å². The van der Waals surface area contributed by atoms with Gasteiger partial charge in [-0.25, -0.2) is 4.79 Å². The van der Waals surface area contributed by atoms with Gasteiger partial charge in [-0.1, -0.05) is 6.92 Å². The minimum atomic E-state index is -0.367. The number of ether oxygens (including phenoxy) is 2. The molecule has 0 spiro atoms. The van der Waals surface area contributed by atoms with E-state index in [1.165, 1.54) is 0 Å². The van der Waals surface area contributed by atoms with Gasteiger partial charge >= 0.3 is 5.97 Å². The third kappa shape index (κ3) is 6.17. The van der Waals surface area contributed by atoms with E-state index in [1.54, 1.807) is 49.6 Å². The fourth-order valence-electron chi connectivity index (χ4n) is 2.11. The molecule has 0 saturated heterocycles. The Hall–Kier alpha value is -2.20. The summed E-state index contributed by atoms with van der Waals surface area (Å²) in [6, 6.07) is 11.8. The Kier molecular flexibility index (Phi) is 7.99. The summed E-state index contributed by atoms with van der Waals surface area (Å²) in [7, 11) is 1.57. The van der Waals surface area contributed by atoms with Gasteiger partial charge < -0.3 is 14.8 Å². The Bertz CT molecular complexity index is 840. The lowest BCUT2D eigenvalue weighted by atomic mass is 10.2. The van der Waals surface area contributed by atoms with Gasteiger partial charge in [0, 0.05) is 11.3 Å². The number of thiocarbonyl (C=S) groups is 1. The molecular formula is C19H19IN2O4S. The molecule has 0 fully saturated rings. The van der Waals surface area contributed by atoms with Crippen molar-refractivity contribution in [2.45, 2.75) is 13.3 Å². The van der Waals surface area contributed by atoms with Gasteiger partial charge in [0.05, 0.1) is 22.9 Å². The maximum atomic E-state index is 12.3. The first-order valence-corrected chi connectivity index (χ1v) is 9.66. The molecule has 0 aliphatic rings. The topological polar surface area (TPSA) is 76.7 Å². The first-order chi connectivity index (χ1) is 12.9. The maximum absolute atomic E-state index is 12.3. The zero-order valence-electron chi connectivity index (χ0n) is 14.9. The zero-order valence-corrected chi connectivity index (χ0v) is 17.8. The van der Waals surface area contributed by atoms with E-state index in [9.17, 15) is 9.59 Å². The fraction of sp³-hybridized carbons (Fsp3) is 0.211. The van der Waals surface area contributed by atoms with Crippen molar-refractivity contribution >= 4 is 57.5 Å². The molecule has 8 heteroatoms. The summed E-state index contributed by atoms with van der Waals surface area (Å²) in [6.07, 6.45) is 0.770. The molecule has 0 aromatic heterocycles. The molecule has 0 bridgehead atoms. The third-order valence-corrected chi connectivity index (χ3v) is 4.50. The van der Waals surface area contributed by atoms with Gasteiger partial charge in [-0.15, -0.1) is 0 Å². The average Bonchev–Trinajstić information content (AvgIpc) is 2.66. The molecule has 1 amide bonds. The largest absolute Gasteiger partial charge is 0.496 e. The highest BCUT2D eigenvalue weighted by atomic mass is 127. The molecule has 142 valence electrons. The quantitative estimate of drug-likeness (QED) is 0.357. The first kappa shape index (κ1) is 21.1. The molecule has 27 heavy (non-hydrogen) atoms. The van der Waals surface area contributed by atoms with Crippen molar-refractivity contribution in [3.05, 3.63) is 57.2 Å². The van der Waals surface area contributed by atoms with Crippen molar-refractivity contribution in [2.24, 2.45) is 0 Å². The van der Waals surface area contributed by atoms with Crippen molar-refractivity contribution in [1.29, 1.82) is 0 Å². The monoisotopic (exact) mass is 498 g/mol. The van der Waals surface area contributed by atoms with E-state index in [-0.39, 0.29) is 17.0 Å². The number of methoxy groups -OCH3 is 1. The molecule has 0 saturated carbocycles. The number of hydrogen-bond acceptors (Lipinski definition) is 5. The average molecular weight is 498 g/mol. The lowest BCUT2D eigenvalue weighted by Crippen LogP contribution is -2.34. The third-order valence-electron chi connectivity index (χ3n) is 3.46. The summed E-state index contributed by atoms with van der Waals surface area (Å²) in [5, 5.41) is 5.69. The summed E-state index contributed by atoms with van der Waals surface area (Å²) in [4.78, 5) is 24.1. The number of carbonyl (C=O) groups excluding carboxylic acids is 2. The molecule has 0 aliphatic heterocycles. The SMILES string of the molecule is CCCOC(=O)c1ccc(NC(=S)NC(=O)c2ccc(OC)c(I)c2)cc1. The van der Waals surface area contributed by atoms with Gasteiger partial charge in [0.25, 0.3) is 5.91 Å². The van der Waals surface area contributed by atoms with E-state index in [0.29, 0.717) is 29.2 Å². The lowest BCUT2D eigenvalue weighted by molar-refractivity contribution is 0.0505. The van der Waals surface area contributed by atoms with Crippen molar-refractivity contribution in [1.82, 2.24) is 5.32 Å². The van der Waals surface area contributed by atoms with E-state index >= 15 is 0 Å². The summed E-state index contributed by atoms with van der Waals surface area (Å²) in [5.74, 6) is 0.00613. The Morgan fingerprint density at radius 3 is 2.37 bits per heavy atom. The second-order valence-electron chi connectivity index (χ2n) is 5.47. The standard InChI is InChI=1S/C19H19IN2O4S/c1-3-10-26-18(24)12-4-7-14(8-5-12)21-19(27)22-17(23)13-6-9-16(25-2)15(20)11-13/h4-9,11H,3,10H2,1-2H3,(H2,21,22,23,27). The van der Waals surface area contributed by atoms with E-state index in [4.69, 9.17) is 21.7 Å². The Morgan fingerprint density at radius 1 is 1.11 bits per heavy atom. The second kappa shape index (κ2) is 10.2. The molecule has 0 heterocycles. The minimum absolute atomic E-state index is 0.159. The molecular weight excluding hydrogens is 479 g/mol. The van der Waals surface area contributed by atoms with Crippen LogP contribution < -0.4 is 15.4 Å². The van der Waals surface area contributed by atoms with E-state index in [0.717, 1.165) is 9.99 Å². The van der Waals surface area contributed by atoms with Crippen molar-refractivity contribution in [3.63, 3.8) is 0 Å². The predicted octanol–water partition coefficient (Wildman–Crippen LogP) is 3.99. The van der Waals surface area contributed by atoms with Crippen LogP contribution in [-0.2, 0) is 4.74 Å². The maximum Gasteiger partial charge on any atom is 0.338 e. The number of benzene rings is 2. The highest BCUT2D eigenvalue weighted by molar-refractivity contribution is 14.1. The molecule has 2 aromatic carbocycles. The summed E-state index contributed by atoms with van der Waals surface area (Å²) < 4.78 is 11.1. The van der Waals surface area contributed by atoms with Crippen LogP contribution in [0.2, 0.25) is 0 Å². The van der Waals surface area contributed by atoms with E-state index in [2.05, 4.69) is 33.2 Å². The normalized spacial score (nSPS) is 10.0. The van der Waals surface area contributed by atoms with Crippen LogP contribution in [0, 0.1) is 3.57 Å². The zero-order chi connectivity index (χ0) is 19.8. The van der Waals surface area contributed by atoms with Crippen LogP contribution in [0.3, 0.4) is 0 Å². The van der Waals surface area contributed by atoms with Gasteiger partial charge in [-0.2, -0.15) is 0 Å². The number of esters is 1. The lowest BCUT2D eigenvalue weighted by Gasteiger charge is -2.11. The van der Waals surface area contributed by atoms with Gasteiger partial charge in [0.1, 0.15) is 5.75 Å². The number of anilines is 1. The van der Waals surface area contributed by atoms with Crippen LogP contribution in [-0.4, -0.2) is 30.7 Å². The Balaban J connectivity index is 1.94. The fourth-order valence-corrected chi connectivity index (χ4v) is 3.06. The number of halogens is 1. The van der Waals surface area contributed by atoms with Gasteiger partial charge in [0.2, 0.25) is 0 Å². The summed E-state index contributed by atoms with van der Waals surface area (Å²) in [5.41, 5.74) is 1.58. The first-order valence-electron chi connectivity index (χ1n) is 8.17. The van der Waals surface area contributed by atoms with Gasteiger partial charge in [-0.05, 0) is 83.7 Å². The van der Waals surface area contributed by atoms with Crippen LogP contribution in [0.25, 0.3) is 0 Å². The number of carbonyl (C=O) groups is 2. The molecule has 2 N–H and O–H groups in total. The second-order valence-corrected chi connectivity index (χ2v) is 7.04. The summed E-state index contributed by atoms with van der Waals surface area (Å²) >= 11 is 7.27. The van der Waals surface area contributed by atoms with Crippen molar-refractivity contribution in [2.75, 3.05) is 19.0 Å². The molecule has 0 radical (unpaired) electrons. The predicted molar refractivity (Wildman–Crippen MR) is 116 cm³/mol. The van der Waals surface area contributed by atoms with Crippen molar-refractivity contribution < 1.29 is 19.1 Å². The van der Waals surface area contributed by atoms with E-state index < -0.39 is 0 Å². The number of amides is 1. The molecule has 2 rings (SSSR count). The highest BCUT2D eigenvalue weighted by Crippen LogP contribution is 2.21. The smallest absolute Gasteiger partial charge is 0.338 e. The highest BCUT2D eigenvalue weighted by Gasteiger charge is 2.11. The van der Waals surface area contributed by atoms with Crippen LogP contribution in [0.1, 0.15) is 34.1 Å². The Labute approximate surface area is 176 Å². The number of nitrogens with one attached hydrogen (secondary N) is 2. The van der Waals surface area contributed by atoms with E-state index in [1.807, 2.05) is 6.92 Å². The molecule has 6 nitrogen and oxygen atoms in total. The Morgan fingerprint density at radius 2 is 1.78 bits per heavy atom.